The van der Waals surface area contributed by atoms with Crippen molar-refractivity contribution < 1.29 is 22.7 Å². The van der Waals surface area contributed by atoms with E-state index in [1.807, 2.05) is 6.07 Å². The van der Waals surface area contributed by atoms with Crippen molar-refractivity contribution in [1.82, 2.24) is 30.2 Å². The molecule has 0 radical (unpaired) electrons. The Balaban J connectivity index is 1.42. The quantitative estimate of drug-likeness (QED) is 0.430. The van der Waals surface area contributed by atoms with Crippen LogP contribution in [0.4, 0.5) is 19.3 Å². The van der Waals surface area contributed by atoms with Crippen LogP contribution in [0.15, 0.2) is 53.2 Å². The average Bonchev–Trinajstić information content (AvgIpc) is 3.43. The number of nitrogens with one attached hydrogen (secondary N) is 1. The van der Waals surface area contributed by atoms with E-state index in [4.69, 9.17) is 9.15 Å². The van der Waals surface area contributed by atoms with Gasteiger partial charge >= 0.3 is 12.5 Å². The van der Waals surface area contributed by atoms with Gasteiger partial charge in [0.15, 0.2) is 0 Å². The first kappa shape index (κ1) is 23.0. The molecule has 3 aromatic heterocycles. The molecule has 0 bridgehead atoms. The second-order valence-electron chi connectivity index (χ2n) is 8.29. The number of alkyl halides is 2. The molecule has 0 spiro atoms. The molecule has 0 aliphatic rings. The van der Waals surface area contributed by atoms with Gasteiger partial charge in [-0.25, -0.2) is 9.48 Å². The van der Waals surface area contributed by atoms with Crippen molar-refractivity contribution in [3.8, 4) is 22.7 Å². The van der Waals surface area contributed by atoms with E-state index in [-0.39, 0.29) is 5.89 Å². The molecule has 176 valence electrons. The van der Waals surface area contributed by atoms with Gasteiger partial charge in [0.1, 0.15) is 11.3 Å². The highest BCUT2D eigenvalue weighted by Gasteiger charge is 2.18. The molecule has 1 N–H and O–H groups in total. The number of hydrogen-bond donors (Lipinski definition) is 1. The molecule has 3 heterocycles. The third kappa shape index (κ3) is 5.77. The van der Waals surface area contributed by atoms with E-state index in [0.717, 1.165) is 5.56 Å². The van der Waals surface area contributed by atoms with E-state index in [1.165, 1.54) is 6.20 Å². The van der Waals surface area contributed by atoms with Gasteiger partial charge in [0.2, 0.25) is 5.89 Å². The lowest BCUT2D eigenvalue weighted by molar-refractivity contribution is 0.0636. The van der Waals surface area contributed by atoms with Crippen LogP contribution in [0.5, 0.6) is 0 Å². The minimum absolute atomic E-state index is 0.0303. The summed E-state index contributed by atoms with van der Waals surface area (Å²) in [6.45, 7) is 5.70. The van der Waals surface area contributed by atoms with Crippen LogP contribution in [-0.4, -0.2) is 41.9 Å². The molecule has 0 atom stereocenters. The van der Waals surface area contributed by atoms with Crippen molar-refractivity contribution in [1.29, 1.82) is 0 Å². The van der Waals surface area contributed by atoms with Gasteiger partial charge in [-0.2, -0.15) is 8.78 Å². The first-order valence-corrected chi connectivity index (χ1v) is 10.2. The van der Waals surface area contributed by atoms with Crippen molar-refractivity contribution in [2.75, 3.05) is 5.32 Å². The number of halogens is 2. The number of hydrogen-bond acceptors (Lipinski definition) is 8. The van der Waals surface area contributed by atoms with E-state index in [2.05, 4.69) is 30.8 Å². The van der Waals surface area contributed by atoms with Gasteiger partial charge in [-0.3, -0.25) is 10.3 Å². The average molecular weight is 469 g/mol. The summed E-state index contributed by atoms with van der Waals surface area (Å²) in [6, 6.07) is 10.5. The van der Waals surface area contributed by atoms with Crippen molar-refractivity contribution in [3.05, 3.63) is 60.4 Å². The predicted molar refractivity (Wildman–Crippen MR) is 117 cm³/mol. The fourth-order valence-electron chi connectivity index (χ4n) is 2.94. The van der Waals surface area contributed by atoms with Gasteiger partial charge in [0, 0.05) is 17.4 Å². The Hall–Kier alpha value is -4.22. The number of carbonyl (C=O) groups is 1. The van der Waals surface area contributed by atoms with E-state index < -0.39 is 24.0 Å². The van der Waals surface area contributed by atoms with E-state index in [0.29, 0.717) is 29.2 Å². The second-order valence-corrected chi connectivity index (χ2v) is 8.29. The summed E-state index contributed by atoms with van der Waals surface area (Å²) in [5.41, 5.74) is 2.42. The maximum atomic E-state index is 12.6. The zero-order chi connectivity index (χ0) is 24.3. The van der Waals surface area contributed by atoms with E-state index in [9.17, 15) is 13.6 Å². The Morgan fingerprint density at radius 2 is 1.97 bits per heavy atom. The van der Waals surface area contributed by atoms with Crippen LogP contribution < -0.4 is 5.32 Å². The number of benzene rings is 1. The van der Waals surface area contributed by atoms with Crippen LogP contribution in [0.1, 0.15) is 38.8 Å². The topological polar surface area (TPSA) is 121 Å². The highest BCUT2D eigenvalue weighted by molar-refractivity contribution is 5.86. The summed E-state index contributed by atoms with van der Waals surface area (Å²) in [7, 11) is 0. The Kier molecular flexibility index (Phi) is 6.30. The monoisotopic (exact) mass is 469 g/mol. The molecule has 0 saturated carbocycles. The summed E-state index contributed by atoms with van der Waals surface area (Å²) in [6.07, 6.45) is -0.172. The van der Waals surface area contributed by atoms with Crippen molar-refractivity contribution in [2.24, 2.45) is 0 Å². The molecule has 0 saturated heterocycles. The van der Waals surface area contributed by atoms with Gasteiger partial charge in [-0.1, -0.05) is 17.3 Å². The van der Waals surface area contributed by atoms with Gasteiger partial charge in [-0.15, -0.1) is 15.3 Å². The predicted octanol–water partition coefficient (Wildman–Crippen LogP) is 4.72. The Bertz CT molecular complexity index is 1280. The first-order valence-electron chi connectivity index (χ1n) is 10.2. The second kappa shape index (κ2) is 9.33. The number of rotatable bonds is 6. The molecular formula is C22H21F2N7O3. The molecule has 4 rings (SSSR count). The van der Waals surface area contributed by atoms with E-state index >= 15 is 0 Å². The molecule has 1 amide bonds. The van der Waals surface area contributed by atoms with Crippen LogP contribution in [-0.2, 0) is 11.3 Å². The Morgan fingerprint density at radius 1 is 1.15 bits per heavy atom. The van der Waals surface area contributed by atoms with Crippen LogP contribution in [0.3, 0.4) is 0 Å². The molecule has 34 heavy (non-hydrogen) atoms. The molecule has 0 aliphatic carbocycles. The van der Waals surface area contributed by atoms with Gasteiger partial charge in [-0.05, 0) is 45.0 Å². The molecule has 0 aliphatic heterocycles. The number of pyridine rings is 1. The van der Waals surface area contributed by atoms with Gasteiger partial charge in [0.25, 0.3) is 5.89 Å². The molecule has 4 aromatic rings. The van der Waals surface area contributed by atoms with Crippen LogP contribution in [0.2, 0.25) is 0 Å². The number of aromatic nitrogens is 6. The lowest BCUT2D eigenvalue weighted by atomic mass is 10.1. The van der Waals surface area contributed by atoms with Crippen molar-refractivity contribution >= 4 is 11.8 Å². The van der Waals surface area contributed by atoms with Crippen LogP contribution in [0, 0.1) is 0 Å². The van der Waals surface area contributed by atoms with Crippen molar-refractivity contribution in [3.63, 3.8) is 0 Å². The Morgan fingerprint density at radius 3 is 2.65 bits per heavy atom. The lowest BCUT2D eigenvalue weighted by Crippen LogP contribution is -2.27. The third-order valence-electron chi connectivity index (χ3n) is 4.37. The Labute approximate surface area is 193 Å². The molecule has 10 nitrogen and oxygen atoms in total. The smallest absolute Gasteiger partial charge is 0.412 e. The zero-order valence-electron chi connectivity index (χ0n) is 18.6. The summed E-state index contributed by atoms with van der Waals surface area (Å²) in [5.74, 6) is -0.767. The number of amides is 1. The number of carbonyl (C=O) groups excluding carboxylic acids is 1. The van der Waals surface area contributed by atoms with Crippen LogP contribution in [0.25, 0.3) is 22.7 Å². The maximum absolute atomic E-state index is 12.6. The molecule has 12 heteroatoms. The first-order chi connectivity index (χ1) is 16.2. The SMILES string of the molecule is CC(C)(C)OC(=O)Nc1cccc(-c2cn(Cc3ccc(-c4nnc(C(F)F)o4)cn3)nn2)c1. The summed E-state index contributed by atoms with van der Waals surface area (Å²) >= 11 is 0. The molecule has 1 aromatic carbocycles. The van der Waals surface area contributed by atoms with E-state index in [1.54, 1.807) is 62.0 Å². The fourth-order valence-corrected chi connectivity index (χ4v) is 2.94. The minimum Gasteiger partial charge on any atom is -0.444 e. The molecule has 0 unspecified atom stereocenters. The summed E-state index contributed by atoms with van der Waals surface area (Å²) in [5, 5.41) is 17.9. The molecule has 0 fully saturated rings. The van der Waals surface area contributed by atoms with Gasteiger partial charge in [0.05, 0.1) is 24.0 Å². The summed E-state index contributed by atoms with van der Waals surface area (Å²) < 4.78 is 37.0. The fraction of sp³-hybridized carbons (Fsp3) is 0.273. The van der Waals surface area contributed by atoms with Gasteiger partial charge < -0.3 is 9.15 Å². The third-order valence-corrected chi connectivity index (χ3v) is 4.37. The molecular weight excluding hydrogens is 448 g/mol. The zero-order valence-corrected chi connectivity index (χ0v) is 18.6. The number of ether oxygens (including phenoxy) is 1. The normalized spacial score (nSPS) is 11.6. The summed E-state index contributed by atoms with van der Waals surface area (Å²) in [4.78, 5) is 16.3. The lowest BCUT2D eigenvalue weighted by Gasteiger charge is -2.19. The maximum Gasteiger partial charge on any atom is 0.412 e. The van der Waals surface area contributed by atoms with Crippen molar-refractivity contribution in [2.45, 2.75) is 39.3 Å². The highest BCUT2D eigenvalue weighted by atomic mass is 19.3. The highest BCUT2D eigenvalue weighted by Crippen LogP contribution is 2.24. The number of nitrogens with zero attached hydrogens (tertiary/aromatic N) is 6. The van der Waals surface area contributed by atoms with Crippen LogP contribution >= 0.6 is 0 Å². The largest absolute Gasteiger partial charge is 0.444 e. The standard InChI is InChI=1S/C22H21F2N7O3/c1-22(2,3)34-21(32)26-15-6-4-5-13(9-15)17-12-31(30-27-17)11-16-8-7-14(10-25-16)19-28-29-20(33-19)18(23)24/h4-10,12,18H,11H2,1-3H3,(H,26,32). The number of anilines is 1. The minimum atomic E-state index is -2.83.